The first-order valence-electron chi connectivity index (χ1n) is 10.3. The van der Waals surface area contributed by atoms with Crippen LogP contribution in [0.25, 0.3) is 0 Å². The quantitative estimate of drug-likeness (QED) is 0.704. The van der Waals surface area contributed by atoms with Crippen LogP contribution >= 0.6 is 0 Å². The van der Waals surface area contributed by atoms with Gasteiger partial charge in [-0.1, -0.05) is 12.1 Å². The molecule has 1 aromatic carbocycles. The first-order valence-corrected chi connectivity index (χ1v) is 10.3. The molecule has 2 aliphatic rings. The van der Waals surface area contributed by atoms with Crippen molar-refractivity contribution in [3.05, 3.63) is 24.3 Å². The van der Waals surface area contributed by atoms with Crippen molar-refractivity contribution in [2.75, 3.05) is 63.9 Å². The number of nitrogens with zero attached hydrogens (tertiary/aromatic N) is 4. The molecule has 29 heavy (non-hydrogen) atoms. The van der Waals surface area contributed by atoms with Crippen LogP contribution in [-0.4, -0.2) is 91.4 Å². The molecule has 2 heterocycles. The number of amides is 3. The van der Waals surface area contributed by atoms with Crippen molar-refractivity contribution >= 4 is 23.4 Å². The van der Waals surface area contributed by atoms with Crippen molar-refractivity contribution < 1.29 is 19.1 Å². The van der Waals surface area contributed by atoms with Crippen LogP contribution in [0.15, 0.2) is 24.3 Å². The van der Waals surface area contributed by atoms with E-state index in [1.54, 1.807) is 17.0 Å². The maximum Gasteiger partial charge on any atom is 0.265 e. The minimum absolute atomic E-state index is 0.0115. The molecule has 1 saturated heterocycles. The van der Waals surface area contributed by atoms with Gasteiger partial charge in [-0.05, 0) is 32.4 Å². The van der Waals surface area contributed by atoms with Crippen LogP contribution in [0.5, 0.6) is 5.75 Å². The Kier molecular flexibility index (Phi) is 7.09. The fourth-order valence-corrected chi connectivity index (χ4v) is 3.81. The van der Waals surface area contributed by atoms with Crippen LogP contribution in [0, 0.1) is 0 Å². The van der Waals surface area contributed by atoms with Gasteiger partial charge in [0.1, 0.15) is 12.3 Å². The van der Waals surface area contributed by atoms with Gasteiger partial charge in [-0.15, -0.1) is 0 Å². The van der Waals surface area contributed by atoms with E-state index in [-0.39, 0.29) is 30.9 Å². The van der Waals surface area contributed by atoms with Gasteiger partial charge in [0.15, 0.2) is 6.61 Å². The van der Waals surface area contributed by atoms with Gasteiger partial charge in [0.05, 0.1) is 12.2 Å². The zero-order valence-electron chi connectivity index (χ0n) is 17.3. The number of carbonyl (C=O) groups excluding carboxylic acids is 3. The minimum Gasteiger partial charge on any atom is -0.482 e. The monoisotopic (exact) mass is 402 g/mol. The lowest BCUT2D eigenvalue weighted by Gasteiger charge is -2.31. The van der Waals surface area contributed by atoms with E-state index >= 15 is 0 Å². The molecule has 8 nitrogen and oxygen atoms in total. The average Bonchev–Trinajstić information content (AvgIpc) is 2.96. The molecule has 1 fully saturated rings. The van der Waals surface area contributed by atoms with E-state index < -0.39 is 0 Å². The number of likely N-dealkylation sites (N-methyl/N-ethyl adjacent to an activating group) is 1. The van der Waals surface area contributed by atoms with Crippen molar-refractivity contribution in [2.45, 2.75) is 20.3 Å². The fraction of sp³-hybridized carbons (Fsp3) is 0.571. The second kappa shape index (κ2) is 9.73. The van der Waals surface area contributed by atoms with Crippen molar-refractivity contribution in [3.8, 4) is 5.75 Å². The normalized spacial score (nSPS) is 17.4. The Morgan fingerprint density at radius 1 is 1.03 bits per heavy atom. The zero-order chi connectivity index (χ0) is 20.8. The molecule has 0 atom stereocenters. The van der Waals surface area contributed by atoms with Crippen LogP contribution in [0.3, 0.4) is 0 Å². The molecule has 0 aromatic heterocycles. The highest BCUT2D eigenvalue weighted by Crippen LogP contribution is 2.31. The summed E-state index contributed by atoms with van der Waals surface area (Å²) in [5.74, 6) is 0.465. The largest absolute Gasteiger partial charge is 0.482 e. The molecule has 0 aliphatic carbocycles. The van der Waals surface area contributed by atoms with Gasteiger partial charge in [0.25, 0.3) is 5.91 Å². The lowest BCUT2D eigenvalue weighted by molar-refractivity contribution is -0.132. The number of ether oxygens (including phenoxy) is 1. The topological polar surface area (TPSA) is 73.4 Å². The lowest BCUT2D eigenvalue weighted by atomic mass is 10.2. The minimum atomic E-state index is -0.210. The maximum absolute atomic E-state index is 12.9. The third-order valence-corrected chi connectivity index (χ3v) is 5.52. The summed E-state index contributed by atoms with van der Waals surface area (Å²) in [6, 6.07) is 7.27. The van der Waals surface area contributed by atoms with Gasteiger partial charge in [-0.2, -0.15) is 0 Å². The summed E-state index contributed by atoms with van der Waals surface area (Å²) in [5.41, 5.74) is 0.637. The van der Waals surface area contributed by atoms with E-state index in [1.165, 1.54) is 4.90 Å². The summed E-state index contributed by atoms with van der Waals surface area (Å²) in [6.07, 6.45) is 0.810. The Hall–Kier alpha value is -2.61. The molecule has 0 radical (unpaired) electrons. The third kappa shape index (κ3) is 5.06. The van der Waals surface area contributed by atoms with Crippen molar-refractivity contribution in [1.82, 2.24) is 14.7 Å². The van der Waals surface area contributed by atoms with E-state index in [1.807, 2.05) is 30.9 Å². The van der Waals surface area contributed by atoms with Crippen LogP contribution in [0.4, 0.5) is 5.69 Å². The second-order valence-corrected chi connectivity index (χ2v) is 7.31. The van der Waals surface area contributed by atoms with E-state index in [2.05, 4.69) is 4.90 Å². The molecule has 0 bridgehead atoms. The third-order valence-electron chi connectivity index (χ3n) is 5.52. The Labute approximate surface area is 172 Å². The van der Waals surface area contributed by atoms with Gasteiger partial charge in [-0.3, -0.25) is 24.2 Å². The van der Waals surface area contributed by atoms with Gasteiger partial charge in [0, 0.05) is 39.3 Å². The standard InChI is InChI=1S/C21H30N4O4/c1-3-23(4-2)19(26)14-22-10-7-11-24(13-12-22)20(27)15-25-17-8-5-6-9-18(17)29-16-21(25)28/h5-6,8-9H,3-4,7,10-16H2,1-2H3. The number of benzene rings is 1. The van der Waals surface area contributed by atoms with Crippen LogP contribution in [0.1, 0.15) is 20.3 Å². The van der Waals surface area contributed by atoms with Crippen molar-refractivity contribution in [1.29, 1.82) is 0 Å². The Morgan fingerprint density at radius 3 is 2.55 bits per heavy atom. The maximum atomic E-state index is 12.9. The highest BCUT2D eigenvalue weighted by molar-refractivity contribution is 6.02. The smallest absolute Gasteiger partial charge is 0.265 e. The van der Waals surface area contributed by atoms with Crippen molar-refractivity contribution in [2.24, 2.45) is 0 Å². The highest BCUT2D eigenvalue weighted by atomic mass is 16.5. The fourth-order valence-electron chi connectivity index (χ4n) is 3.81. The van der Waals surface area contributed by atoms with E-state index in [0.717, 1.165) is 13.0 Å². The van der Waals surface area contributed by atoms with E-state index in [9.17, 15) is 14.4 Å². The number of rotatable bonds is 6. The molecule has 3 rings (SSSR count). The molecule has 158 valence electrons. The summed E-state index contributed by atoms with van der Waals surface area (Å²) in [5, 5.41) is 0. The summed E-state index contributed by atoms with van der Waals surface area (Å²) in [4.78, 5) is 44.8. The van der Waals surface area contributed by atoms with Gasteiger partial charge < -0.3 is 14.5 Å². The predicted molar refractivity (Wildman–Crippen MR) is 110 cm³/mol. The SMILES string of the molecule is CCN(CC)C(=O)CN1CCCN(C(=O)CN2C(=O)COc3ccccc32)CC1. The van der Waals surface area contributed by atoms with Crippen LogP contribution in [0.2, 0.25) is 0 Å². The van der Waals surface area contributed by atoms with Gasteiger partial charge in [-0.25, -0.2) is 0 Å². The van der Waals surface area contributed by atoms with Crippen LogP contribution in [-0.2, 0) is 14.4 Å². The summed E-state index contributed by atoms with van der Waals surface area (Å²) in [6.45, 7) is 8.38. The highest BCUT2D eigenvalue weighted by Gasteiger charge is 2.29. The van der Waals surface area contributed by atoms with Gasteiger partial charge >= 0.3 is 0 Å². The molecule has 0 saturated carbocycles. The summed E-state index contributed by atoms with van der Waals surface area (Å²) < 4.78 is 5.44. The zero-order valence-corrected chi connectivity index (χ0v) is 17.3. The Balaban J connectivity index is 1.57. The Bertz CT molecular complexity index is 750. The molecule has 3 amide bonds. The number of carbonyl (C=O) groups is 3. The molecule has 2 aliphatic heterocycles. The van der Waals surface area contributed by atoms with E-state index in [4.69, 9.17) is 4.74 Å². The summed E-state index contributed by atoms with van der Waals surface area (Å²) >= 11 is 0. The molecular weight excluding hydrogens is 372 g/mol. The molecule has 0 N–H and O–H groups in total. The Morgan fingerprint density at radius 2 is 1.79 bits per heavy atom. The van der Waals surface area contributed by atoms with Crippen LogP contribution < -0.4 is 9.64 Å². The number of fused-ring (bicyclic) bond motifs is 1. The predicted octanol–water partition coefficient (Wildman–Crippen LogP) is 0.815. The second-order valence-electron chi connectivity index (χ2n) is 7.31. The molecule has 0 unspecified atom stereocenters. The molecule has 0 spiro atoms. The first kappa shape index (κ1) is 21.1. The average molecular weight is 402 g/mol. The van der Waals surface area contributed by atoms with E-state index in [0.29, 0.717) is 50.7 Å². The lowest BCUT2D eigenvalue weighted by Crippen LogP contribution is -2.47. The van der Waals surface area contributed by atoms with Crippen molar-refractivity contribution in [3.63, 3.8) is 0 Å². The van der Waals surface area contributed by atoms with Gasteiger partial charge in [0.2, 0.25) is 11.8 Å². The summed E-state index contributed by atoms with van der Waals surface area (Å²) in [7, 11) is 0. The number of hydrogen-bond acceptors (Lipinski definition) is 5. The number of para-hydroxylation sites is 2. The first-order chi connectivity index (χ1) is 14.0. The molecule has 8 heteroatoms. The number of anilines is 1. The molecule has 1 aromatic rings. The number of hydrogen-bond donors (Lipinski definition) is 0. The molecular formula is C21H30N4O4.